The summed E-state index contributed by atoms with van der Waals surface area (Å²) in [5.74, 6) is 0. The second kappa shape index (κ2) is 11.1. The van der Waals surface area contributed by atoms with E-state index in [0.29, 0.717) is 0 Å². The van der Waals surface area contributed by atoms with Crippen molar-refractivity contribution in [3.63, 3.8) is 0 Å². The zero-order valence-corrected chi connectivity index (χ0v) is 27.2. The van der Waals surface area contributed by atoms with Crippen LogP contribution in [0.3, 0.4) is 0 Å². The molecule has 8 aromatic rings. The Morgan fingerprint density at radius 3 is 1.62 bits per heavy atom. The molecule has 0 atom stereocenters. The highest BCUT2D eigenvalue weighted by atomic mass is 15.1. The Labute approximate surface area is 282 Å². The zero-order chi connectivity index (χ0) is 32.2. The number of hydrogen-bond donors (Lipinski definition) is 0. The van der Waals surface area contributed by atoms with Crippen molar-refractivity contribution >= 4 is 38.6 Å². The van der Waals surface area contributed by atoms with Gasteiger partial charge in [0.1, 0.15) is 0 Å². The van der Waals surface area contributed by atoms with Crippen LogP contribution in [-0.2, 0) is 5.41 Å². The van der Waals surface area contributed by atoms with Gasteiger partial charge in [-0.05, 0) is 85.4 Å². The third kappa shape index (κ3) is 4.47. The highest BCUT2D eigenvalue weighted by molar-refractivity contribution is 6.18. The monoisotopic (exact) mass is 613 g/mol. The smallest absolute Gasteiger partial charge is 0.0621 e. The van der Waals surface area contributed by atoms with E-state index in [1.165, 1.54) is 71.7 Å². The van der Waals surface area contributed by atoms with Crippen LogP contribution in [0, 0.1) is 0 Å². The third-order valence-electron chi connectivity index (χ3n) is 10.2. The van der Waals surface area contributed by atoms with Crippen molar-refractivity contribution in [1.29, 1.82) is 0 Å². The van der Waals surface area contributed by atoms with E-state index in [4.69, 9.17) is 0 Å². The minimum absolute atomic E-state index is 0.157. The Morgan fingerprint density at radius 1 is 0.396 bits per heavy atom. The van der Waals surface area contributed by atoms with Crippen LogP contribution in [0.25, 0.3) is 54.9 Å². The van der Waals surface area contributed by atoms with Crippen molar-refractivity contribution in [3.05, 3.63) is 187 Å². The van der Waals surface area contributed by atoms with Crippen molar-refractivity contribution in [2.24, 2.45) is 0 Å². The van der Waals surface area contributed by atoms with Crippen LogP contribution in [0.4, 0.5) is 17.1 Å². The number of benzene rings is 8. The second-order valence-corrected chi connectivity index (χ2v) is 13.4. The molecular formula is C47H35N. The fraction of sp³-hybridized carbons (Fsp3) is 0.0638. The molecule has 0 N–H and O–H groups in total. The summed E-state index contributed by atoms with van der Waals surface area (Å²) in [5.41, 5.74) is 13.5. The van der Waals surface area contributed by atoms with E-state index in [-0.39, 0.29) is 5.41 Å². The van der Waals surface area contributed by atoms with E-state index in [1.807, 2.05) is 0 Å². The molecule has 8 aromatic carbocycles. The summed E-state index contributed by atoms with van der Waals surface area (Å²) >= 11 is 0. The Morgan fingerprint density at radius 2 is 0.958 bits per heavy atom. The Bertz CT molecular complexity index is 2390. The molecule has 1 nitrogen and oxygen atoms in total. The van der Waals surface area contributed by atoms with Gasteiger partial charge in [0.25, 0.3) is 0 Å². The summed E-state index contributed by atoms with van der Waals surface area (Å²) < 4.78 is 0. The molecule has 1 heteroatoms. The predicted octanol–water partition coefficient (Wildman–Crippen LogP) is 13.1. The molecule has 0 bridgehead atoms. The van der Waals surface area contributed by atoms with E-state index in [0.717, 1.165) is 11.4 Å². The molecule has 0 heterocycles. The SMILES string of the molecule is CC1(C)c2ccccc2-c2c1cc1c(ccc3ccccc31)c2N(c1cccc(-c2ccccc2)c1)c1cccc(-c2ccccc2)c1. The van der Waals surface area contributed by atoms with Gasteiger partial charge in [-0.25, -0.2) is 0 Å². The molecular weight excluding hydrogens is 579 g/mol. The van der Waals surface area contributed by atoms with E-state index < -0.39 is 0 Å². The Balaban J connectivity index is 1.42. The first-order valence-electron chi connectivity index (χ1n) is 16.8. The van der Waals surface area contributed by atoms with Crippen molar-refractivity contribution in [3.8, 4) is 33.4 Å². The fourth-order valence-corrected chi connectivity index (χ4v) is 7.84. The number of nitrogens with zero attached hydrogens (tertiary/aromatic N) is 1. The van der Waals surface area contributed by atoms with E-state index in [1.54, 1.807) is 0 Å². The molecule has 0 fully saturated rings. The number of rotatable bonds is 5. The summed E-state index contributed by atoms with van der Waals surface area (Å²) in [6, 6.07) is 64.4. The summed E-state index contributed by atoms with van der Waals surface area (Å²) in [5, 5.41) is 5.07. The Hall–Kier alpha value is -5.92. The molecule has 0 saturated heterocycles. The predicted molar refractivity (Wildman–Crippen MR) is 205 cm³/mol. The highest BCUT2D eigenvalue weighted by Gasteiger charge is 2.39. The lowest BCUT2D eigenvalue weighted by Crippen LogP contribution is -2.16. The van der Waals surface area contributed by atoms with Crippen molar-refractivity contribution in [2.75, 3.05) is 4.90 Å². The normalized spacial score (nSPS) is 13.0. The second-order valence-electron chi connectivity index (χ2n) is 13.4. The van der Waals surface area contributed by atoms with Gasteiger partial charge in [-0.2, -0.15) is 0 Å². The van der Waals surface area contributed by atoms with Gasteiger partial charge in [0.2, 0.25) is 0 Å². The number of fused-ring (bicyclic) bond motifs is 6. The lowest BCUT2D eigenvalue weighted by Gasteiger charge is -2.31. The zero-order valence-electron chi connectivity index (χ0n) is 27.2. The molecule has 0 saturated carbocycles. The van der Waals surface area contributed by atoms with Gasteiger partial charge in [0.15, 0.2) is 0 Å². The van der Waals surface area contributed by atoms with Gasteiger partial charge in [-0.3, -0.25) is 0 Å². The fourth-order valence-electron chi connectivity index (χ4n) is 7.84. The van der Waals surface area contributed by atoms with Crippen LogP contribution < -0.4 is 4.90 Å². The minimum Gasteiger partial charge on any atom is -0.309 e. The number of hydrogen-bond acceptors (Lipinski definition) is 1. The molecule has 1 aliphatic rings. The Kier molecular flexibility index (Phi) is 6.55. The molecule has 0 unspecified atom stereocenters. The molecule has 0 aromatic heterocycles. The lowest BCUT2D eigenvalue weighted by molar-refractivity contribution is 0.661. The van der Waals surface area contributed by atoms with E-state index in [2.05, 4.69) is 195 Å². The van der Waals surface area contributed by atoms with Crippen LogP contribution in [-0.4, -0.2) is 0 Å². The third-order valence-corrected chi connectivity index (χ3v) is 10.2. The summed E-state index contributed by atoms with van der Waals surface area (Å²) in [6.07, 6.45) is 0. The standard InChI is InChI=1S/C47H35N/c1-47(2)43-26-12-11-25-41(43)45-44(47)31-42-39-24-10-9-19-34(39)27-28-40(42)46(45)48(37-22-13-20-35(29-37)32-15-5-3-6-16-32)38-23-14-21-36(30-38)33-17-7-4-8-18-33/h3-31H,1-2H3. The van der Waals surface area contributed by atoms with E-state index >= 15 is 0 Å². The topological polar surface area (TPSA) is 3.24 Å². The van der Waals surface area contributed by atoms with Crippen LogP contribution in [0.5, 0.6) is 0 Å². The first kappa shape index (κ1) is 28.3. The van der Waals surface area contributed by atoms with E-state index in [9.17, 15) is 0 Å². The molecule has 0 amide bonds. The van der Waals surface area contributed by atoms with Crippen molar-refractivity contribution < 1.29 is 0 Å². The van der Waals surface area contributed by atoms with Crippen molar-refractivity contribution in [2.45, 2.75) is 19.3 Å². The summed E-state index contributed by atoms with van der Waals surface area (Å²) in [6.45, 7) is 4.77. The maximum atomic E-state index is 2.52. The largest absolute Gasteiger partial charge is 0.309 e. The minimum atomic E-state index is -0.157. The molecule has 9 rings (SSSR count). The van der Waals surface area contributed by atoms with Gasteiger partial charge < -0.3 is 4.90 Å². The first-order valence-corrected chi connectivity index (χ1v) is 16.8. The lowest BCUT2D eigenvalue weighted by atomic mass is 9.81. The maximum Gasteiger partial charge on any atom is 0.0621 e. The van der Waals surface area contributed by atoms with Gasteiger partial charge >= 0.3 is 0 Å². The molecule has 0 radical (unpaired) electrons. The van der Waals surface area contributed by atoms with Crippen LogP contribution >= 0.6 is 0 Å². The number of anilines is 3. The van der Waals surface area contributed by atoms with Crippen molar-refractivity contribution in [1.82, 2.24) is 0 Å². The van der Waals surface area contributed by atoms with Gasteiger partial charge in [-0.1, -0.05) is 159 Å². The molecule has 48 heavy (non-hydrogen) atoms. The average molecular weight is 614 g/mol. The maximum absolute atomic E-state index is 2.52. The van der Waals surface area contributed by atoms with Gasteiger partial charge in [0.05, 0.1) is 5.69 Å². The van der Waals surface area contributed by atoms with Crippen LogP contribution in [0.15, 0.2) is 176 Å². The molecule has 0 aliphatic heterocycles. The quantitative estimate of drug-likeness (QED) is 0.175. The molecule has 228 valence electrons. The van der Waals surface area contributed by atoms with Crippen LogP contribution in [0.1, 0.15) is 25.0 Å². The van der Waals surface area contributed by atoms with Gasteiger partial charge in [0, 0.05) is 27.7 Å². The first-order chi connectivity index (χ1) is 23.6. The highest BCUT2D eigenvalue weighted by Crippen LogP contribution is 2.57. The van der Waals surface area contributed by atoms with Gasteiger partial charge in [-0.15, -0.1) is 0 Å². The summed E-state index contributed by atoms with van der Waals surface area (Å²) in [7, 11) is 0. The average Bonchev–Trinajstić information content (AvgIpc) is 3.38. The van der Waals surface area contributed by atoms with Crippen LogP contribution in [0.2, 0.25) is 0 Å². The molecule has 1 aliphatic carbocycles. The summed E-state index contributed by atoms with van der Waals surface area (Å²) in [4.78, 5) is 2.52. The molecule has 0 spiro atoms.